The molecule has 0 amide bonds. The molecule has 2 unspecified atom stereocenters. The lowest BCUT2D eigenvalue weighted by atomic mass is 9.69. The van der Waals surface area contributed by atoms with Crippen molar-refractivity contribution in [1.82, 2.24) is 9.97 Å². The maximum atomic E-state index is 4.05. The van der Waals surface area contributed by atoms with Gasteiger partial charge >= 0.3 is 0 Å². The van der Waals surface area contributed by atoms with Crippen molar-refractivity contribution in [2.24, 2.45) is 0 Å². The third kappa shape index (κ3) is 5.42. The molecule has 0 aliphatic heterocycles. The van der Waals surface area contributed by atoms with Crippen LogP contribution in [0.2, 0.25) is 0 Å². The molecule has 2 nitrogen and oxygen atoms in total. The van der Waals surface area contributed by atoms with Crippen molar-refractivity contribution in [3.05, 3.63) is 141 Å². The third-order valence-corrected chi connectivity index (χ3v) is 10.7. The number of para-hydroxylation sites is 2. The Bertz CT molecular complexity index is 1950. The van der Waals surface area contributed by atoms with E-state index in [1.54, 1.807) is 0 Å². The molecule has 6 aromatic rings. The van der Waals surface area contributed by atoms with Crippen LogP contribution < -0.4 is 0 Å². The Hall–Kier alpha value is -4.04. The second kappa shape index (κ2) is 10.7. The summed E-state index contributed by atoms with van der Waals surface area (Å²) in [4.78, 5) is 8.10. The first-order valence-corrected chi connectivity index (χ1v) is 17.9. The zero-order chi connectivity index (χ0) is 34.6. The molecule has 7 rings (SSSR count). The highest BCUT2D eigenvalue weighted by Crippen LogP contribution is 2.54. The van der Waals surface area contributed by atoms with Crippen LogP contribution in [0.15, 0.2) is 84.9 Å². The first kappa shape index (κ1) is 32.5. The zero-order valence-electron chi connectivity index (χ0n) is 31.2. The fourth-order valence-corrected chi connectivity index (χ4v) is 7.77. The van der Waals surface area contributed by atoms with Gasteiger partial charge in [-0.25, -0.2) is 0 Å². The van der Waals surface area contributed by atoms with Crippen LogP contribution in [0.25, 0.3) is 21.8 Å². The molecule has 0 saturated carbocycles. The van der Waals surface area contributed by atoms with Crippen molar-refractivity contribution < 1.29 is 0 Å². The van der Waals surface area contributed by atoms with Gasteiger partial charge in [0.05, 0.1) is 11.8 Å². The van der Waals surface area contributed by atoms with Crippen LogP contribution in [0, 0.1) is 0 Å². The minimum Gasteiger partial charge on any atom is -0.357 e. The molecule has 48 heavy (non-hydrogen) atoms. The van der Waals surface area contributed by atoms with Crippen molar-refractivity contribution in [1.29, 1.82) is 0 Å². The maximum absolute atomic E-state index is 4.05. The third-order valence-electron chi connectivity index (χ3n) is 10.7. The second-order valence-corrected chi connectivity index (χ2v) is 18.5. The van der Waals surface area contributed by atoms with E-state index in [9.17, 15) is 0 Å². The van der Waals surface area contributed by atoms with Crippen LogP contribution in [-0.2, 0) is 21.7 Å². The monoisotopic (exact) mass is 634 g/mol. The summed E-state index contributed by atoms with van der Waals surface area (Å²) in [6.45, 7) is 28.1. The Morgan fingerprint density at radius 1 is 0.396 bits per heavy atom. The Morgan fingerprint density at radius 2 is 0.688 bits per heavy atom. The highest BCUT2D eigenvalue weighted by molar-refractivity contribution is 5.93. The number of rotatable bonds is 2. The second-order valence-electron chi connectivity index (χ2n) is 18.5. The molecule has 0 bridgehead atoms. The molecular formula is C46H54N2. The van der Waals surface area contributed by atoms with E-state index in [4.69, 9.17) is 0 Å². The van der Waals surface area contributed by atoms with Gasteiger partial charge in [-0.05, 0) is 78.3 Å². The van der Waals surface area contributed by atoms with Gasteiger partial charge in [-0.1, -0.05) is 156 Å². The highest BCUT2D eigenvalue weighted by atomic mass is 14.8. The number of hydrogen-bond donors (Lipinski definition) is 2. The lowest BCUT2D eigenvalue weighted by molar-refractivity contribution is 0.564. The Kier molecular flexibility index (Phi) is 7.27. The number of fused-ring (bicyclic) bond motifs is 6. The van der Waals surface area contributed by atoms with Gasteiger partial charge < -0.3 is 9.97 Å². The van der Waals surface area contributed by atoms with E-state index < -0.39 is 0 Å². The molecule has 4 aromatic carbocycles. The van der Waals surface area contributed by atoms with Gasteiger partial charge in [0.2, 0.25) is 0 Å². The van der Waals surface area contributed by atoms with E-state index >= 15 is 0 Å². The zero-order valence-corrected chi connectivity index (χ0v) is 31.2. The minimum atomic E-state index is 0.0241. The average molecular weight is 635 g/mol. The molecule has 1 aliphatic carbocycles. The van der Waals surface area contributed by atoms with E-state index in [1.807, 2.05) is 0 Å². The number of nitrogens with one attached hydrogen (secondary N) is 2. The summed E-state index contributed by atoms with van der Waals surface area (Å²) in [5.41, 5.74) is 16.2. The van der Waals surface area contributed by atoms with Gasteiger partial charge in [-0.15, -0.1) is 0 Å². The van der Waals surface area contributed by atoms with Gasteiger partial charge in [0.15, 0.2) is 0 Å². The Balaban J connectivity index is 1.62. The molecule has 248 valence electrons. The first-order chi connectivity index (χ1) is 22.3. The lowest BCUT2D eigenvalue weighted by Crippen LogP contribution is -2.23. The van der Waals surface area contributed by atoms with Gasteiger partial charge in [0, 0.05) is 33.2 Å². The molecule has 0 radical (unpaired) electrons. The van der Waals surface area contributed by atoms with Crippen LogP contribution in [0.4, 0.5) is 0 Å². The first-order valence-electron chi connectivity index (χ1n) is 17.9. The van der Waals surface area contributed by atoms with Gasteiger partial charge in [0.25, 0.3) is 0 Å². The summed E-state index contributed by atoms with van der Waals surface area (Å²) in [5, 5.41) is 2.63. The van der Waals surface area contributed by atoms with Crippen molar-refractivity contribution in [2.75, 3.05) is 0 Å². The fourth-order valence-electron chi connectivity index (χ4n) is 7.77. The number of aromatic amines is 2. The van der Waals surface area contributed by atoms with Crippen LogP contribution >= 0.6 is 0 Å². The van der Waals surface area contributed by atoms with Crippen LogP contribution in [0.3, 0.4) is 0 Å². The van der Waals surface area contributed by atoms with Crippen molar-refractivity contribution in [2.45, 2.75) is 117 Å². The predicted octanol–water partition coefficient (Wildman–Crippen LogP) is 12.5. The number of aromatic nitrogens is 2. The molecule has 2 atom stereocenters. The van der Waals surface area contributed by atoms with Crippen molar-refractivity contribution >= 4 is 21.8 Å². The SMILES string of the molecule is CC(C)(C)c1cc(C2c3[nH]c4ccccc4c3C(c3cc(C(C)(C)C)cc(C(C)(C)C)c3)c3[nH]c4ccccc4c32)cc(C(C)(C)C)c1. The van der Waals surface area contributed by atoms with E-state index in [-0.39, 0.29) is 33.5 Å². The van der Waals surface area contributed by atoms with Crippen molar-refractivity contribution in [3.63, 3.8) is 0 Å². The summed E-state index contributed by atoms with van der Waals surface area (Å²) in [7, 11) is 0. The largest absolute Gasteiger partial charge is 0.357 e. The maximum Gasteiger partial charge on any atom is 0.0518 e. The average Bonchev–Trinajstić information content (AvgIpc) is 3.56. The molecule has 0 saturated heterocycles. The number of H-pyrrole nitrogens is 2. The quantitative estimate of drug-likeness (QED) is 0.190. The Morgan fingerprint density at radius 3 is 0.979 bits per heavy atom. The minimum absolute atomic E-state index is 0.0241. The van der Waals surface area contributed by atoms with Crippen molar-refractivity contribution in [3.8, 4) is 0 Å². The van der Waals surface area contributed by atoms with Gasteiger partial charge in [-0.2, -0.15) is 0 Å². The molecule has 2 N–H and O–H groups in total. The molecule has 2 heterocycles. The Labute approximate surface area is 288 Å². The van der Waals surface area contributed by atoms with E-state index in [1.165, 1.54) is 77.7 Å². The van der Waals surface area contributed by atoms with E-state index in [0.717, 1.165) is 0 Å². The topological polar surface area (TPSA) is 31.6 Å². The molecule has 0 fully saturated rings. The van der Waals surface area contributed by atoms with Crippen LogP contribution in [0.1, 0.15) is 151 Å². The van der Waals surface area contributed by atoms with Crippen LogP contribution in [-0.4, -0.2) is 9.97 Å². The standard InChI is InChI=1S/C46H54N2/c1-43(2,3)29-21-27(22-30(25-29)44(4,5)6)37-39-33-17-13-15-19-35(33)48-42(39)38(40-34-18-14-16-20-36(34)47-41(37)40)28-23-31(45(7,8)9)26-32(24-28)46(10,11)12/h13-26,37-38,47-48H,1-12H3. The summed E-state index contributed by atoms with van der Waals surface area (Å²) < 4.78 is 0. The summed E-state index contributed by atoms with van der Waals surface area (Å²) in [5.74, 6) is 0.122. The normalized spacial score (nSPS) is 17.2. The van der Waals surface area contributed by atoms with Gasteiger partial charge in [0.1, 0.15) is 0 Å². The number of benzene rings is 4. The predicted molar refractivity (Wildman–Crippen MR) is 206 cm³/mol. The lowest BCUT2D eigenvalue weighted by Gasteiger charge is -2.34. The highest BCUT2D eigenvalue weighted by Gasteiger charge is 2.41. The number of hydrogen-bond acceptors (Lipinski definition) is 0. The molecule has 1 aliphatic rings. The van der Waals surface area contributed by atoms with E-state index in [0.29, 0.717) is 0 Å². The molecule has 2 aromatic heterocycles. The smallest absolute Gasteiger partial charge is 0.0518 e. The fraction of sp³-hybridized carbons (Fsp3) is 0.391. The van der Waals surface area contributed by atoms with Gasteiger partial charge in [-0.3, -0.25) is 0 Å². The summed E-state index contributed by atoms with van der Waals surface area (Å²) in [6, 6.07) is 32.8. The van der Waals surface area contributed by atoms with E-state index in [2.05, 4.69) is 178 Å². The molecular weight excluding hydrogens is 581 g/mol. The molecule has 2 heteroatoms. The summed E-state index contributed by atoms with van der Waals surface area (Å²) in [6.07, 6.45) is 0. The molecule has 0 spiro atoms. The van der Waals surface area contributed by atoms with Crippen LogP contribution in [0.5, 0.6) is 0 Å². The summed E-state index contributed by atoms with van der Waals surface area (Å²) >= 11 is 0.